The molecule has 0 radical (unpaired) electrons. The Morgan fingerprint density at radius 2 is 1.95 bits per heavy atom. The highest BCUT2D eigenvalue weighted by Crippen LogP contribution is 2.29. The maximum absolute atomic E-state index is 13.7. The summed E-state index contributed by atoms with van der Waals surface area (Å²) in [5.41, 5.74) is -1.28. The van der Waals surface area contributed by atoms with Gasteiger partial charge in [-0.1, -0.05) is 18.5 Å². The van der Waals surface area contributed by atoms with E-state index in [-0.39, 0.29) is 0 Å². The predicted molar refractivity (Wildman–Crippen MR) is 77.7 cm³/mol. The van der Waals surface area contributed by atoms with Crippen LogP contribution in [0.2, 0.25) is 5.02 Å². The molecule has 0 amide bonds. The van der Waals surface area contributed by atoms with Crippen LogP contribution in [0.3, 0.4) is 0 Å². The minimum absolute atomic E-state index is 0.439. The molecule has 0 aliphatic heterocycles. The maximum Gasteiger partial charge on any atom is 0.337 e. The molecule has 0 spiro atoms. The SMILES string of the molecule is CCC(C)(C)N(C)S(=O)(=O)c1cc(F)c(Cl)c(C(=O)O)c1. The van der Waals surface area contributed by atoms with Gasteiger partial charge in [0.1, 0.15) is 5.82 Å². The van der Waals surface area contributed by atoms with Gasteiger partial charge in [0.05, 0.1) is 15.5 Å². The van der Waals surface area contributed by atoms with E-state index in [1.807, 2.05) is 6.92 Å². The zero-order chi connectivity index (χ0) is 16.6. The fourth-order valence-electron chi connectivity index (χ4n) is 1.57. The third kappa shape index (κ3) is 3.36. The molecule has 0 fully saturated rings. The van der Waals surface area contributed by atoms with Crippen LogP contribution in [0.25, 0.3) is 0 Å². The molecule has 0 heterocycles. The van der Waals surface area contributed by atoms with Crippen molar-refractivity contribution in [1.29, 1.82) is 0 Å². The number of carbonyl (C=O) groups is 1. The fourth-order valence-corrected chi connectivity index (χ4v) is 3.38. The zero-order valence-electron chi connectivity index (χ0n) is 12.1. The molecule has 1 rings (SSSR count). The Kier molecular flexibility index (Phi) is 5.02. The van der Waals surface area contributed by atoms with Crippen LogP contribution in [0.1, 0.15) is 37.6 Å². The van der Waals surface area contributed by atoms with Gasteiger partial charge in [0.25, 0.3) is 0 Å². The highest BCUT2D eigenvalue weighted by Gasteiger charge is 2.34. The third-order valence-electron chi connectivity index (χ3n) is 3.61. The van der Waals surface area contributed by atoms with Gasteiger partial charge in [-0.2, -0.15) is 4.31 Å². The second kappa shape index (κ2) is 5.90. The van der Waals surface area contributed by atoms with Crippen molar-refractivity contribution >= 4 is 27.6 Å². The summed E-state index contributed by atoms with van der Waals surface area (Å²) in [7, 11) is -2.67. The number of hydrogen-bond donors (Lipinski definition) is 1. The lowest BCUT2D eigenvalue weighted by atomic mass is 10.0. The number of nitrogens with zero attached hydrogens (tertiary/aromatic N) is 1. The van der Waals surface area contributed by atoms with Gasteiger partial charge in [-0.15, -0.1) is 0 Å². The summed E-state index contributed by atoms with van der Waals surface area (Å²) >= 11 is 5.54. The molecule has 5 nitrogen and oxygen atoms in total. The van der Waals surface area contributed by atoms with E-state index >= 15 is 0 Å². The number of sulfonamides is 1. The van der Waals surface area contributed by atoms with Gasteiger partial charge in [-0.05, 0) is 32.4 Å². The average molecular weight is 338 g/mol. The summed E-state index contributed by atoms with van der Waals surface area (Å²) in [6.45, 7) is 5.25. The molecule has 8 heteroatoms. The average Bonchev–Trinajstić information content (AvgIpc) is 2.40. The van der Waals surface area contributed by atoms with E-state index in [2.05, 4.69) is 0 Å². The first-order valence-electron chi connectivity index (χ1n) is 6.16. The van der Waals surface area contributed by atoms with Crippen LogP contribution in [0.4, 0.5) is 4.39 Å². The first kappa shape index (κ1) is 17.9. The largest absolute Gasteiger partial charge is 0.478 e. The van der Waals surface area contributed by atoms with Crippen LogP contribution in [0.5, 0.6) is 0 Å². The van der Waals surface area contributed by atoms with Crippen LogP contribution in [-0.2, 0) is 10.0 Å². The molecular formula is C13H17ClFNO4S. The summed E-state index contributed by atoms with van der Waals surface area (Å²) in [6.07, 6.45) is 0.532. The Hall–Kier alpha value is -1.18. The van der Waals surface area contributed by atoms with Gasteiger partial charge in [0.15, 0.2) is 0 Å². The normalized spacial score (nSPS) is 12.7. The Morgan fingerprint density at radius 1 is 1.43 bits per heavy atom. The number of aromatic carboxylic acids is 1. The van der Waals surface area contributed by atoms with E-state index in [0.717, 1.165) is 16.4 Å². The number of hydrogen-bond acceptors (Lipinski definition) is 3. The van der Waals surface area contributed by atoms with E-state index < -0.39 is 42.8 Å². The van der Waals surface area contributed by atoms with E-state index in [1.165, 1.54) is 7.05 Å². The quantitative estimate of drug-likeness (QED) is 0.896. The van der Waals surface area contributed by atoms with E-state index in [9.17, 15) is 17.6 Å². The number of benzene rings is 1. The van der Waals surface area contributed by atoms with Gasteiger partial charge in [0.2, 0.25) is 10.0 Å². The number of carboxylic acids is 1. The molecular weight excluding hydrogens is 321 g/mol. The van der Waals surface area contributed by atoms with Crippen molar-refractivity contribution in [3.63, 3.8) is 0 Å². The van der Waals surface area contributed by atoms with Crippen molar-refractivity contribution in [2.24, 2.45) is 0 Å². The van der Waals surface area contributed by atoms with Gasteiger partial charge in [0, 0.05) is 12.6 Å². The molecule has 0 bridgehead atoms. The highest BCUT2D eigenvalue weighted by atomic mass is 35.5. The summed E-state index contributed by atoms with van der Waals surface area (Å²) < 4.78 is 39.8. The van der Waals surface area contributed by atoms with E-state index in [0.29, 0.717) is 6.42 Å². The lowest BCUT2D eigenvalue weighted by Gasteiger charge is -2.33. The molecule has 118 valence electrons. The molecule has 0 atom stereocenters. The van der Waals surface area contributed by atoms with Gasteiger partial charge >= 0.3 is 5.97 Å². The van der Waals surface area contributed by atoms with Crippen LogP contribution < -0.4 is 0 Å². The van der Waals surface area contributed by atoms with Crippen LogP contribution in [-0.4, -0.2) is 36.4 Å². The molecule has 0 saturated heterocycles. The van der Waals surface area contributed by atoms with Crippen molar-refractivity contribution in [2.45, 2.75) is 37.6 Å². The summed E-state index contributed by atoms with van der Waals surface area (Å²) in [5.74, 6) is -2.58. The standard InChI is InChI=1S/C13H17ClFNO4S/c1-5-13(2,3)16(4)21(19,20)8-6-9(12(17)18)11(14)10(15)7-8/h6-7H,5H2,1-4H3,(H,17,18). The minimum atomic E-state index is -4.03. The molecule has 1 N–H and O–H groups in total. The fraction of sp³-hybridized carbons (Fsp3) is 0.462. The van der Waals surface area contributed by atoms with Crippen molar-refractivity contribution < 1.29 is 22.7 Å². The number of halogens is 2. The third-order valence-corrected chi connectivity index (χ3v) is 6.04. The highest BCUT2D eigenvalue weighted by molar-refractivity contribution is 7.89. The number of rotatable bonds is 5. The Bertz CT molecular complexity index is 673. The lowest BCUT2D eigenvalue weighted by molar-refractivity contribution is 0.0696. The Balaban J connectivity index is 3.50. The topological polar surface area (TPSA) is 74.7 Å². The Labute approximate surface area is 128 Å². The first-order valence-corrected chi connectivity index (χ1v) is 7.98. The second-order valence-corrected chi connectivity index (χ2v) is 7.56. The molecule has 0 aliphatic carbocycles. The Morgan fingerprint density at radius 3 is 2.38 bits per heavy atom. The lowest BCUT2D eigenvalue weighted by Crippen LogP contribution is -2.44. The predicted octanol–water partition coefficient (Wildman–Crippen LogP) is 2.99. The van der Waals surface area contributed by atoms with Crippen LogP contribution in [0, 0.1) is 5.82 Å². The zero-order valence-corrected chi connectivity index (χ0v) is 13.7. The molecule has 0 aliphatic rings. The summed E-state index contributed by atoms with van der Waals surface area (Å²) in [6, 6.07) is 1.59. The first-order chi connectivity index (χ1) is 9.45. The molecule has 0 unspecified atom stereocenters. The molecule has 1 aromatic rings. The van der Waals surface area contributed by atoms with E-state index in [4.69, 9.17) is 16.7 Å². The van der Waals surface area contributed by atoms with Crippen molar-refractivity contribution in [1.82, 2.24) is 4.31 Å². The van der Waals surface area contributed by atoms with Crippen LogP contribution >= 0.6 is 11.6 Å². The smallest absolute Gasteiger partial charge is 0.337 e. The molecule has 1 aromatic carbocycles. The van der Waals surface area contributed by atoms with Gasteiger partial charge < -0.3 is 5.11 Å². The minimum Gasteiger partial charge on any atom is -0.478 e. The van der Waals surface area contributed by atoms with Gasteiger partial charge in [-0.3, -0.25) is 0 Å². The maximum atomic E-state index is 13.7. The van der Waals surface area contributed by atoms with Crippen molar-refractivity contribution in [3.05, 3.63) is 28.5 Å². The van der Waals surface area contributed by atoms with E-state index in [1.54, 1.807) is 13.8 Å². The monoisotopic (exact) mass is 337 g/mol. The summed E-state index contributed by atoms with van der Waals surface area (Å²) in [4.78, 5) is 10.6. The molecule has 0 saturated carbocycles. The van der Waals surface area contributed by atoms with Crippen LogP contribution in [0.15, 0.2) is 17.0 Å². The second-order valence-electron chi connectivity index (χ2n) is 5.21. The molecule has 21 heavy (non-hydrogen) atoms. The summed E-state index contributed by atoms with van der Waals surface area (Å²) in [5, 5.41) is 8.35. The molecule has 0 aromatic heterocycles. The van der Waals surface area contributed by atoms with Crippen molar-refractivity contribution in [2.75, 3.05) is 7.05 Å². The number of carboxylic acid groups (broad SMARTS) is 1. The van der Waals surface area contributed by atoms with Crippen molar-refractivity contribution in [3.8, 4) is 0 Å². The van der Waals surface area contributed by atoms with Gasteiger partial charge in [-0.25, -0.2) is 17.6 Å².